The first-order chi connectivity index (χ1) is 2.21. The summed E-state index contributed by atoms with van der Waals surface area (Å²) >= 11 is 0. The first-order valence-corrected chi connectivity index (χ1v) is 1.63. The molecule has 0 amide bonds. The minimum atomic E-state index is -0.500. The Morgan fingerprint density at radius 2 is 1.80 bits per heavy atom. The zero-order chi connectivity index (χ0) is 3.91. The van der Waals surface area contributed by atoms with E-state index in [4.69, 9.17) is 5.11 Å². The molecule has 0 aromatic heterocycles. The van der Waals surface area contributed by atoms with Crippen LogP contribution in [0.2, 0.25) is 0 Å². The van der Waals surface area contributed by atoms with E-state index in [0.717, 1.165) is 0 Å². The third-order valence-corrected chi connectivity index (χ3v) is 0.649. The van der Waals surface area contributed by atoms with Gasteiger partial charge in [0.25, 0.3) is 0 Å². The van der Waals surface area contributed by atoms with Crippen molar-refractivity contribution >= 4 is 0 Å². The van der Waals surface area contributed by atoms with Crippen LogP contribution in [0.4, 0.5) is 0 Å². The lowest BCUT2D eigenvalue weighted by Gasteiger charge is -1.89. The smallest absolute Gasteiger partial charge is 0.0982 e. The van der Waals surface area contributed by atoms with Gasteiger partial charge < -0.3 is 5.11 Å². The van der Waals surface area contributed by atoms with Gasteiger partial charge in [-0.1, -0.05) is 12.2 Å². The second-order valence-electron chi connectivity index (χ2n) is 1.56. The van der Waals surface area contributed by atoms with Gasteiger partial charge >= 0.3 is 0 Å². The van der Waals surface area contributed by atoms with Gasteiger partial charge in [-0.2, -0.15) is 0 Å². The summed E-state index contributed by atoms with van der Waals surface area (Å²) in [6.45, 7) is 1.74. The molecule has 1 nitrogen and oxygen atoms in total. The van der Waals surface area contributed by atoms with Gasteiger partial charge in [0.15, 0.2) is 0 Å². The highest BCUT2D eigenvalue weighted by Gasteiger charge is 2.21. The van der Waals surface area contributed by atoms with Crippen LogP contribution in [0.5, 0.6) is 0 Å². The highest BCUT2D eigenvalue weighted by atomic mass is 16.3. The molecule has 0 bridgehead atoms. The predicted molar refractivity (Wildman–Crippen MR) is 19.8 cm³/mol. The van der Waals surface area contributed by atoms with Crippen molar-refractivity contribution in [3.8, 4) is 0 Å². The van der Waals surface area contributed by atoms with Gasteiger partial charge in [0.05, 0.1) is 5.60 Å². The molecular formula is C4H6O. The van der Waals surface area contributed by atoms with Gasteiger partial charge in [-0.05, 0) is 6.92 Å². The predicted octanol–water partition coefficient (Wildman–Crippen LogP) is 0.307. The van der Waals surface area contributed by atoms with E-state index in [1.165, 1.54) is 0 Å². The zero-order valence-electron chi connectivity index (χ0n) is 3.10. The van der Waals surface area contributed by atoms with Crippen LogP contribution in [-0.4, -0.2) is 10.7 Å². The van der Waals surface area contributed by atoms with Crippen LogP contribution in [0.15, 0.2) is 12.2 Å². The molecular weight excluding hydrogens is 64.0 g/mol. The fourth-order valence-electron chi connectivity index (χ4n) is 0.121. The van der Waals surface area contributed by atoms with Gasteiger partial charge in [-0.25, -0.2) is 0 Å². The number of hydrogen-bond donors (Lipinski definition) is 1. The molecule has 1 rings (SSSR count). The molecule has 0 saturated heterocycles. The van der Waals surface area contributed by atoms with E-state index in [2.05, 4.69) is 0 Å². The van der Waals surface area contributed by atoms with E-state index in [1.807, 2.05) is 0 Å². The van der Waals surface area contributed by atoms with Crippen molar-refractivity contribution in [2.75, 3.05) is 0 Å². The van der Waals surface area contributed by atoms with Crippen LogP contribution in [0.25, 0.3) is 0 Å². The molecule has 0 aliphatic heterocycles. The summed E-state index contributed by atoms with van der Waals surface area (Å²) in [4.78, 5) is 0. The molecule has 1 N–H and O–H groups in total. The third-order valence-electron chi connectivity index (χ3n) is 0.649. The normalized spacial score (nSPS) is 26.8. The van der Waals surface area contributed by atoms with Gasteiger partial charge in [-0.3, -0.25) is 0 Å². The lowest BCUT2D eigenvalue weighted by atomic mass is 10.4. The Labute approximate surface area is 30.9 Å². The van der Waals surface area contributed by atoms with E-state index < -0.39 is 5.60 Å². The Bertz CT molecular complexity index is 63.7. The maximum Gasteiger partial charge on any atom is 0.0982 e. The maximum atomic E-state index is 8.52. The van der Waals surface area contributed by atoms with E-state index >= 15 is 0 Å². The summed E-state index contributed by atoms with van der Waals surface area (Å²) in [5.74, 6) is 0. The SMILES string of the molecule is CC1(O)C=C1. The van der Waals surface area contributed by atoms with Crippen molar-refractivity contribution < 1.29 is 5.11 Å². The van der Waals surface area contributed by atoms with Crippen LogP contribution in [0.3, 0.4) is 0 Å². The number of aliphatic hydroxyl groups is 1. The average Bonchev–Trinajstić information content (AvgIpc) is 1.76. The van der Waals surface area contributed by atoms with Crippen LogP contribution >= 0.6 is 0 Å². The van der Waals surface area contributed by atoms with Crippen molar-refractivity contribution in [1.82, 2.24) is 0 Å². The van der Waals surface area contributed by atoms with Crippen molar-refractivity contribution in [2.24, 2.45) is 0 Å². The Kier molecular flexibility index (Phi) is 0.265. The number of rotatable bonds is 0. The zero-order valence-corrected chi connectivity index (χ0v) is 3.10. The largest absolute Gasteiger partial charge is 0.382 e. The van der Waals surface area contributed by atoms with Gasteiger partial charge in [0.2, 0.25) is 0 Å². The topological polar surface area (TPSA) is 20.2 Å². The summed E-state index contributed by atoms with van der Waals surface area (Å²) in [5, 5.41) is 8.52. The molecule has 5 heavy (non-hydrogen) atoms. The van der Waals surface area contributed by atoms with Gasteiger partial charge in [0, 0.05) is 0 Å². The minimum Gasteiger partial charge on any atom is -0.382 e. The Morgan fingerprint density at radius 1 is 1.60 bits per heavy atom. The van der Waals surface area contributed by atoms with Crippen molar-refractivity contribution in [1.29, 1.82) is 0 Å². The van der Waals surface area contributed by atoms with Crippen molar-refractivity contribution in [3.63, 3.8) is 0 Å². The highest BCUT2D eigenvalue weighted by Crippen LogP contribution is 2.19. The molecule has 0 unspecified atom stereocenters. The Hall–Kier alpha value is -0.300. The van der Waals surface area contributed by atoms with E-state index in [-0.39, 0.29) is 0 Å². The Balaban J connectivity index is 2.47. The maximum absolute atomic E-state index is 8.52. The Morgan fingerprint density at radius 3 is 1.80 bits per heavy atom. The summed E-state index contributed by atoms with van der Waals surface area (Å²) in [6.07, 6.45) is 3.49. The lowest BCUT2D eigenvalue weighted by Crippen LogP contribution is -1.97. The molecule has 0 fully saturated rings. The third kappa shape index (κ3) is 0.484. The molecule has 0 heterocycles. The molecule has 1 aliphatic rings. The first-order valence-electron chi connectivity index (χ1n) is 1.63. The molecule has 0 aromatic carbocycles. The molecule has 0 atom stereocenters. The second-order valence-corrected chi connectivity index (χ2v) is 1.56. The lowest BCUT2D eigenvalue weighted by molar-refractivity contribution is 0.200. The molecule has 0 radical (unpaired) electrons. The fraction of sp³-hybridized carbons (Fsp3) is 0.500. The molecule has 28 valence electrons. The molecule has 0 saturated carbocycles. The van der Waals surface area contributed by atoms with Crippen LogP contribution in [0, 0.1) is 0 Å². The van der Waals surface area contributed by atoms with Crippen molar-refractivity contribution in [3.05, 3.63) is 12.2 Å². The minimum absolute atomic E-state index is 0.500. The quantitative estimate of drug-likeness (QED) is 0.406. The van der Waals surface area contributed by atoms with E-state index in [0.29, 0.717) is 0 Å². The second kappa shape index (κ2) is 0.455. The molecule has 0 aromatic rings. The first kappa shape index (κ1) is 2.91. The van der Waals surface area contributed by atoms with Gasteiger partial charge in [-0.15, -0.1) is 0 Å². The van der Waals surface area contributed by atoms with E-state index in [9.17, 15) is 0 Å². The highest BCUT2D eigenvalue weighted by molar-refractivity contribution is 5.26. The monoisotopic (exact) mass is 70.0 g/mol. The molecule has 0 spiro atoms. The molecule has 1 aliphatic carbocycles. The van der Waals surface area contributed by atoms with Crippen LogP contribution in [0.1, 0.15) is 6.92 Å². The average molecular weight is 70.1 g/mol. The standard InChI is InChI=1S/C4H6O/c1-4(5)2-3-4/h2-3,5H,1H3. The van der Waals surface area contributed by atoms with Crippen LogP contribution < -0.4 is 0 Å². The summed E-state index contributed by atoms with van der Waals surface area (Å²) in [7, 11) is 0. The van der Waals surface area contributed by atoms with E-state index in [1.54, 1.807) is 19.1 Å². The molecule has 1 heteroatoms. The summed E-state index contributed by atoms with van der Waals surface area (Å²) in [5.41, 5.74) is -0.500. The van der Waals surface area contributed by atoms with Gasteiger partial charge in [0.1, 0.15) is 0 Å². The summed E-state index contributed by atoms with van der Waals surface area (Å²) in [6, 6.07) is 0. The van der Waals surface area contributed by atoms with Crippen molar-refractivity contribution in [2.45, 2.75) is 12.5 Å². The summed E-state index contributed by atoms with van der Waals surface area (Å²) < 4.78 is 0. The van der Waals surface area contributed by atoms with Crippen LogP contribution in [-0.2, 0) is 0 Å². The number of hydrogen-bond acceptors (Lipinski definition) is 1. The fourth-order valence-corrected chi connectivity index (χ4v) is 0.121.